The molecule has 0 amide bonds. The molecule has 0 aromatic rings. The Kier molecular flexibility index (Phi) is 5.16. The predicted octanol–water partition coefficient (Wildman–Crippen LogP) is 1.33. The summed E-state index contributed by atoms with van der Waals surface area (Å²) in [7, 11) is 0. The molecule has 1 atom stereocenters. The largest absolute Gasteiger partial charge is 0.392 e. The van der Waals surface area contributed by atoms with Crippen LogP contribution < -0.4 is 0 Å². The monoisotopic (exact) mass is 158 g/mol. The van der Waals surface area contributed by atoms with E-state index in [0.717, 1.165) is 12.0 Å². The molecule has 0 fully saturated rings. The Morgan fingerprint density at radius 2 is 1.91 bits per heavy atom. The molecule has 0 aromatic carbocycles. The summed E-state index contributed by atoms with van der Waals surface area (Å²) >= 11 is 0. The maximum absolute atomic E-state index is 9.10. The van der Waals surface area contributed by atoms with Crippen LogP contribution in [0.1, 0.15) is 27.2 Å². The Bertz CT molecular complexity index is 126. The summed E-state index contributed by atoms with van der Waals surface area (Å²) in [6.45, 7) is 5.84. The maximum atomic E-state index is 9.10. The zero-order chi connectivity index (χ0) is 8.85. The summed E-state index contributed by atoms with van der Waals surface area (Å²) in [6.07, 6.45) is 2.31. The number of aliphatic hydroxyl groups excluding tert-OH is 2. The molecule has 0 heterocycles. The van der Waals surface area contributed by atoms with Gasteiger partial charge in [0.15, 0.2) is 0 Å². The van der Waals surface area contributed by atoms with Gasteiger partial charge in [-0.15, -0.1) is 0 Å². The smallest absolute Gasteiger partial charge is 0.0744 e. The molecule has 0 rings (SSSR count). The number of hydrogen-bond donors (Lipinski definition) is 2. The molecule has 0 saturated carbocycles. The minimum atomic E-state index is -0.515. The fraction of sp³-hybridized carbons (Fsp3) is 0.778. The molecule has 66 valence electrons. The molecular weight excluding hydrogens is 140 g/mol. The van der Waals surface area contributed by atoms with Crippen molar-refractivity contribution < 1.29 is 10.2 Å². The van der Waals surface area contributed by atoms with Crippen molar-refractivity contribution >= 4 is 0 Å². The fourth-order valence-electron chi connectivity index (χ4n) is 0.754. The van der Waals surface area contributed by atoms with Crippen molar-refractivity contribution in [1.29, 1.82) is 0 Å². The Hall–Kier alpha value is -0.340. The minimum absolute atomic E-state index is 0.0373. The average molecular weight is 158 g/mol. The van der Waals surface area contributed by atoms with Gasteiger partial charge in [-0.1, -0.05) is 19.9 Å². The number of aliphatic hydroxyl groups is 2. The van der Waals surface area contributed by atoms with Gasteiger partial charge in [-0.3, -0.25) is 0 Å². The first kappa shape index (κ1) is 10.7. The van der Waals surface area contributed by atoms with Gasteiger partial charge in [0.25, 0.3) is 0 Å². The van der Waals surface area contributed by atoms with Crippen LogP contribution in [-0.4, -0.2) is 22.9 Å². The number of hydrogen-bond acceptors (Lipinski definition) is 2. The molecule has 1 unspecified atom stereocenters. The first-order valence-electron chi connectivity index (χ1n) is 4.05. The van der Waals surface area contributed by atoms with Crippen LogP contribution in [-0.2, 0) is 0 Å². The highest BCUT2D eigenvalue weighted by molar-refractivity contribution is 5.06. The Morgan fingerprint density at radius 3 is 2.18 bits per heavy atom. The second-order valence-corrected chi connectivity index (χ2v) is 3.24. The average Bonchev–Trinajstić information content (AvgIpc) is 1.87. The topological polar surface area (TPSA) is 40.5 Å². The molecule has 2 N–H and O–H groups in total. The third-order valence-corrected chi connectivity index (χ3v) is 1.57. The van der Waals surface area contributed by atoms with Crippen LogP contribution in [0.2, 0.25) is 0 Å². The summed E-state index contributed by atoms with van der Waals surface area (Å²) in [4.78, 5) is 0. The van der Waals surface area contributed by atoms with Gasteiger partial charge >= 0.3 is 0 Å². The van der Waals surface area contributed by atoms with E-state index in [1.807, 2.05) is 6.08 Å². The van der Waals surface area contributed by atoms with Gasteiger partial charge in [0.2, 0.25) is 0 Å². The molecular formula is C9H18O2. The standard InChI is InChI=1S/C9H18O2/c1-7(2)4-5-9(6-10)8(3)11/h5,7-8,10-11H,4,6H2,1-3H3. The van der Waals surface area contributed by atoms with Gasteiger partial charge in [0.05, 0.1) is 12.7 Å². The Balaban J connectivity index is 3.91. The molecule has 0 spiro atoms. The second-order valence-electron chi connectivity index (χ2n) is 3.24. The summed E-state index contributed by atoms with van der Waals surface area (Å²) in [5.41, 5.74) is 0.721. The van der Waals surface area contributed by atoms with Crippen molar-refractivity contribution in [3.8, 4) is 0 Å². The van der Waals surface area contributed by atoms with Crippen molar-refractivity contribution in [3.63, 3.8) is 0 Å². The van der Waals surface area contributed by atoms with Gasteiger partial charge in [-0.25, -0.2) is 0 Å². The second kappa shape index (κ2) is 5.33. The maximum Gasteiger partial charge on any atom is 0.0744 e. The molecule has 0 saturated heterocycles. The van der Waals surface area contributed by atoms with Gasteiger partial charge < -0.3 is 10.2 Å². The zero-order valence-electron chi connectivity index (χ0n) is 7.54. The van der Waals surface area contributed by atoms with Crippen molar-refractivity contribution in [1.82, 2.24) is 0 Å². The first-order chi connectivity index (χ1) is 5.07. The van der Waals surface area contributed by atoms with Crippen molar-refractivity contribution in [3.05, 3.63) is 11.6 Å². The van der Waals surface area contributed by atoms with E-state index in [4.69, 9.17) is 10.2 Å². The molecule has 11 heavy (non-hydrogen) atoms. The van der Waals surface area contributed by atoms with Crippen LogP contribution >= 0.6 is 0 Å². The van der Waals surface area contributed by atoms with E-state index < -0.39 is 6.10 Å². The van der Waals surface area contributed by atoms with E-state index in [9.17, 15) is 0 Å². The fourth-order valence-corrected chi connectivity index (χ4v) is 0.754. The van der Waals surface area contributed by atoms with Crippen LogP contribution in [0, 0.1) is 5.92 Å². The van der Waals surface area contributed by atoms with E-state index in [1.54, 1.807) is 6.92 Å². The highest BCUT2D eigenvalue weighted by Gasteiger charge is 2.02. The molecule has 0 aliphatic heterocycles. The zero-order valence-corrected chi connectivity index (χ0v) is 7.54. The van der Waals surface area contributed by atoms with Crippen LogP contribution in [0.5, 0.6) is 0 Å². The molecule has 0 aromatic heterocycles. The normalized spacial score (nSPS) is 15.6. The lowest BCUT2D eigenvalue weighted by molar-refractivity contribution is 0.203. The van der Waals surface area contributed by atoms with E-state index >= 15 is 0 Å². The van der Waals surface area contributed by atoms with Crippen LogP contribution in [0.4, 0.5) is 0 Å². The molecule has 2 nitrogen and oxygen atoms in total. The lowest BCUT2D eigenvalue weighted by Crippen LogP contribution is -2.08. The van der Waals surface area contributed by atoms with Crippen molar-refractivity contribution in [2.45, 2.75) is 33.3 Å². The predicted molar refractivity (Wildman–Crippen MR) is 46.3 cm³/mol. The minimum Gasteiger partial charge on any atom is -0.392 e. The lowest BCUT2D eigenvalue weighted by Gasteiger charge is -2.07. The van der Waals surface area contributed by atoms with Crippen LogP contribution in [0.15, 0.2) is 11.6 Å². The van der Waals surface area contributed by atoms with Gasteiger partial charge in [-0.2, -0.15) is 0 Å². The number of allylic oxidation sites excluding steroid dienone is 1. The molecule has 0 radical (unpaired) electrons. The Morgan fingerprint density at radius 1 is 1.36 bits per heavy atom. The first-order valence-corrected chi connectivity index (χ1v) is 4.05. The SMILES string of the molecule is CC(C)CC=C(CO)C(C)O. The lowest BCUT2D eigenvalue weighted by atomic mass is 10.1. The third-order valence-electron chi connectivity index (χ3n) is 1.57. The van der Waals surface area contributed by atoms with E-state index in [0.29, 0.717) is 5.92 Å². The summed E-state index contributed by atoms with van der Waals surface area (Å²) in [6, 6.07) is 0. The van der Waals surface area contributed by atoms with Gasteiger partial charge in [0.1, 0.15) is 0 Å². The van der Waals surface area contributed by atoms with Crippen molar-refractivity contribution in [2.75, 3.05) is 6.61 Å². The van der Waals surface area contributed by atoms with Crippen LogP contribution in [0.25, 0.3) is 0 Å². The van der Waals surface area contributed by atoms with Gasteiger partial charge in [-0.05, 0) is 24.8 Å². The molecule has 0 aliphatic carbocycles. The van der Waals surface area contributed by atoms with E-state index in [1.165, 1.54) is 0 Å². The van der Waals surface area contributed by atoms with Crippen molar-refractivity contribution in [2.24, 2.45) is 5.92 Å². The molecule has 2 heteroatoms. The van der Waals surface area contributed by atoms with Crippen LogP contribution in [0.3, 0.4) is 0 Å². The van der Waals surface area contributed by atoms with E-state index in [2.05, 4.69) is 13.8 Å². The Labute approximate surface area is 68.6 Å². The molecule has 0 aliphatic rings. The summed E-state index contributed by atoms with van der Waals surface area (Å²) < 4.78 is 0. The molecule has 0 bridgehead atoms. The summed E-state index contributed by atoms with van der Waals surface area (Å²) in [5, 5.41) is 17.9. The van der Waals surface area contributed by atoms with Gasteiger partial charge in [0, 0.05) is 0 Å². The highest BCUT2D eigenvalue weighted by atomic mass is 16.3. The quantitative estimate of drug-likeness (QED) is 0.606. The summed E-state index contributed by atoms with van der Waals surface area (Å²) in [5.74, 6) is 0.579. The third kappa shape index (κ3) is 4.99. The number of rotatable bonds is 4. The van der Waals surface area contributed by atoms with E-state index in [-0.39, 0.29) is 6.61 Å². The highest BCUT2D eigenvalue weighted by Crippen LogP contribution is 2.07.